The number of hydrogen-bond acceptors (Lipinski definition) is 4. The zero-order chi connectivity index (χ0) is 18.3. The third-order valence-corrected chi connectivity index (χ3v) is 4.58. The van der Waals surface area contributed by atoms with E-state index >= 15 is 0 Å². The Morgan fingerprint density at radius 2 is 1.92 bits per heavy atom. The molecule has 0 unspecified atom stereocenters. The predicted molar refractivity (Wildman–Crippen MR) is 92.0 cm³/mol. The molecule has 1 aliphatic rings. The molecule has 0 bridgehead atoms. The minimum Gasteiger partial charge on any atom is -0.481 e. The van der Waals surface area contributed by atoms with Gasteiger partial charge in [-0.05, 0) is 49.2 Å². The summed E-state index contributed by atoms with van der Waals surface area (Å²) in [6.07, 6.45) is 1.00. The van der Waals surface area contributed by atoms with Crippen LogP contribution in [-0.2, 0) is 9.59 Å². The lowest BCUT2D eigenvalue weighted by molar-refractivity contribution is -0.140. The summed E-state index contributed by atoms with van der Waals surface area (Å²) < 4.78 is 19.2. The van der Waals surface area contributed by atoms with Crippen LogP contribution in [0.1, 0.15) is 19.3 Å². The number of rotatable bonds is 5. The molecule has 0 saturated heterocycles. The maximum atomic E-state index is 13.7. The van der Waals surface area contributed by atoms with Crippen molar-refractivity contribution in [2.75, 3.05) is 5.32 Å². The molecule has 1 amide bonds. The SMILES string of the molecule is O=C(O)CC1(C(=O)Nc2ccc(-c3nc4cccc(F)c4o3)cc2)CC1. The van der Waals surface area contributed by atoms with Gasteiger partial charge in [0.25, 0.3) is 0 Å². The van der Waals surface area contributed by atoms with Crippen LogP contribution in [-0.4, -0.2) is 22.0 Å². The number of carboxylic acids is 1. The lowest BCUT2D eigenvalue weighted by Gasteiger charge is -2.13. The van der Waals surface area contributed by atoms with Crippen LogP contribution in [0.4, 0.5) is 10.1 Å². The van der Waals surface area contributed by atoms with Gasteiger partial charge < -0.3 is 14.8 Å². The van der Waals surface area contributed by atoms with Crippen molar-refractivity contribution in [2.45, 2.75) is 19.3 Å². The van der Waals surface area contributed by atoms with Gasteiger partial charge in [0.1, 0.15) is 5.52 Å². The van der Waals surface area contributed by atoms with Crippen molar-refractivity contribution in [3.05, 3.63) is 48.3 Å². The Kier molecular flexibility index (Phi) is 3.72. The van der Waals surface area contributed by atoms with Crippen molar-refractivity contribution < 1.29 is 23.5 Å². The molecule has 1 heterocycles. The molecule has 1 fully saturated rings. The van der Waals surface area contributed by atoms with Gasteiger partial charge in [-0.1, -0.05) is 6.07 Å². The van der Waals surface area contributed by atoms with Crippen LogP contribution < -0.4 is 5.32 Å². The fourth-order valence-corrected chi connectivity index (χ4v) is 2.92. The number of hydrogen-bond donors (Lipinski definition) is 2. The number of aliphatic carboxylic acids is 1. The topological polar surface area (TPSA) is 92.4 Å². The number of carboxylic acid groups (broad SMARTS) is 1. The summed E-state index contributed by atoms with van der Waals surface area (Å²) >= 11 is 0. The van der Waals surface area contributed by atoms with Crippen molar-refractivity contribution in [1.82, 2.24) is 4.98 Å². The molecule has 0 radical (unpaired) electrons. The summed E-state index contributed by atoms with van der Waals surface area (Å²) in [4.78, 5) is 27.4. The highest BCUT2D eigenvalue weighted by molar-refractivity contribution is 5.99. The fraction of sp³-hybridized carbons (Fsp3) is 0.211. The number of halogens is 1. The standard InChI is InChI=1S/C19H15FN2O4/c20-13-2-1-3-14-16(13)26-17(22-14)11-4-6-12(7-5-11)21-18(25)19(8-9-19)10-15(23)24/h1-7H,8-10H2,(H,21,25)(H,23,24). The highest BCUT2D eigenvalue weighted by Crippen LogP contribution is 2.49. The van der Waals surface area contributed by atoms with E-state index in [2.05, 4.69) is 10.3 Å². The summed E-state index contributed by atoms with van der Waals surface area (Å²) in [5, 5.41) is 11.7. The average Bonchev–Trinajstić information content (AvgIpc) is 3.24. The van der Waals surface area contributed by atoms with E-state index in [1.54, 1.807) is 36.4 Å². The molecule has 7 heteroatoms. The highest BCUT2D eigenvalue weighted by atomic mass is 19.1. The number of carbonyl (C=O) groups excluding carboxylic acids is 1. The van der Waals surface area contributed by atoms with E-state index in [4.69, 9.17) is 9.52 Å². The maximum absolute atomic E-state index is 13.7. The number of carbonyl (C=O) groups is 2. The van der Waals surface area contributed by atoms with E-state index < -0.39 is 17.2 Å². The third kappa shape index (κ3) is 2.92. The van der Waals surface area contributed by atoms with Gasteiger partial charge in [0, 0.05) is 11.3 Å². The molecule has 4 rings (SSSR count). The van der Waals surface area contributed by atoms with Gasteiger partial charge in [0.2, 0.25) is 11.8 Å². The fourth-order valence-electron chi connectivity index (χ4n) is 2.92. The molecule has 1 aromatic heterocycles. The molecule has 1 aliphatic carbocycles. The number of nitrogens with zero attached hydrogens (tertiary/aromatic N) is 1. The molecule has 2 N–H and O–H groups in total. The van der Waals surface area contributed by atoms with E-state index in [0.717, 1.165) is 0 Å². The van der Waals surface area contributed by atoms with Gasteiger partial charge in [-0.15, -0.1) is 0 Å². The van der Waals surface area contributed by atoms with Crippen LogP contribution in [0.3, 0.4) is 0 Å². The van der Waals surface area contributed by atoms with E-state index in [1.807, 2.05) is 0 Å². The summed E-state index contributed by atoms with van der Waals surface area (Å²) in [5.74, 6) is -1.45. The highest BCUT2D eigenvalue weighted by Gasteiger charge is 2.51. The smallest absolute Gasteiger partial charge is 0.304 e. The van der Waals surface area contributed by atoms with Crippen LogP contribution in [0.15, 0.2) is 46.9 Å². The Labute approximate surface area is 147 Å². The van der Waals surface area contributed by atoms with Gasteiger partial charge >= 0.3 is 5.97 Å². The second-order valence-electron chi connectivity index (χ2n) is 6.49. The Hall–Kier alpha value is -3.22. The number of fused-ring (bicyclic) bond motifs is 1. The largest absolute Gasteiger partial charge is 0.481 e. The lowest BCUT2D eigenvalue weighted by Crippen LogP contribution is -2.26. The van der Waals surface area contributed by atoms with Gasteiger partial charge in [0.15, 0.2) is 11.4 Å². The molecule has 1 saturated carbocycles. The third-order valence-electron chi connectivity index (χ3n) is 4.58. The van der Waals surface area contributed by atoms with Crippen molar-refractivity contribution in [1.29, 1.82) is 0 Å². The Morgan fingerprint density at radius 1 is 1.19 bits per heavy atom. The van der Waals surface area contributed by atoms with Crippen molar-refractivity contribution in [3.8, 4) is 11.5 Å². The molecular weight excluding hydrogens is 339 g/mol. The number of nitrogens with one attached hydrogen (secondary N) is 1. The molecule has 132 valence electrons. The zero-order valence-electron chi connectivity index (χ0n) is 13.7. The molecule has 0 spiro atoms. The van der Waals surface area contributed by atoms with Gasteiger partial charge in [-0.25, -0.2) is 9.37 Å². The minimum absolute atomic E-state index is 0.101. The van der Waals surface area contributed by atoms with Crippen molar-refractivity contribution in [2.24, 2.45) is 5.41 Å². The summed E-state index contributed by atoms with van der Waals surface area (Å²) in [7, 11) is 0. The molecule has 2 aromatic carbocycles. The molecule has 6 nitrogen and oxygen atoms in total. The Bertz CT molecular complexity index is 1010. The van der Waals surface area contributed by atoms with Gasteiger partial charge in [-0.2, -0.15) is 0 Å². The normalized spacial score (nSPS) is 15.0. The number of amides is 1. The second kappa shape index (κ2) is 5.94. The van der Waals surface area contributed by atoms with Crippen molar-refractivity contribution in [3.63, 3.8) is 0 Å². The van der Waals surface area contributed by atoms with E-state index in [9.17, 15) is 14.0 Å². The molecule has 0 atom stereocenters. The molecular formula is C19H15FN2O4. The van der Waals surface area contributed by atoms with Crippen LogP contribution in [0, 0.1) is 11.2 Å². The Morgan fingerprint density at radius 3 is 2.54 bits per heavy atom. The van der Waals surface area contributed by atoms with Crippen LogP contribution in [0.2, 0.25) is 0 Å². The number of anilines is 1. The first kappa shape index (κ1) is 16.3. The van der Waals surface area contributed by atoms with Gasteiger partial charge in [-0.3, -0.25) is 9.59 Å². The number of aromatic nitrogens is 1. The lowest BCUT2D eigenvalue weighted by atomic mass is 10.0. The summed E-state index contributed by atoms with van der Waals surface area (Å²) in [6, 6.07) is 11.3. The molecule has 0 aliphatic heterocycles. The van der Waals surface area contributed by atoms with E-state index in [0.29, 0.717) is 29.6 Å². The van der Waals surface area contributed by atoms with Gasteiger partial charge in [0.05, 0.1) is 11.8 Å². The summed E-state index contributed by atoms with van der Waals surface area (Å²) in [5.41, 5.74) is 0.941. The first-order chi connectivity index (χ1) is 12.5. The monoisotopic (exact) mass is 354 g/mol. The minimum atomic E-state index is -0.976. The molecule has 26 heavy (non-hydrogen) atoms. The summed E-state index contributed by atoms with van der Waals surface area (Å²) in [6.45, 7) is 0. The number of oxazole rings is 1. The number of benzene rings is 2. The predicted octanol–water partition coefficient (Wildman–Crippen LogP) is 3.83. The van der Waals surface area contributed by atoms with E-state index in [1.165, 1.54) is 6.07 Å². The Balaban J connectivity index is 1.52. The second-order valence-corrected chi connectivity index (χ2v) is 6.49. The zero-order valence-corrected chi connectivity index (χ0v) is 13.7. The number of para-hydroxylation sites is 1. The van der Waals surface area contributed by atoms with Crippen LogP contribution >= 0.6 is 0 Å². The maximum Gasteiger partial charge on any atom is 0.304 e. The first-order valence-corrected chi connectivity index (χ1v) is 8.16. The molecule has 3 aromatic rings. The quantitative estimate of drug-likeness (QED) is 0.726. The first-order valence-electron chi connectivity index (χ1n) is 8.16. The van der Waals surface area contributed by atoms with Crippen molar-refractivity contribution >= 4 is 28.7 Å². The van der Waals surface area contributed by atoms with Crippen LogP contribution in [0.5, 0.6) is 0 Å². The van der Waals surface area contributed by atoms with Crippen LogP contribution in [0.25, 0.3) is 22.6 Å². The van der Waals surface area contributed by atoms with E-state index in [-0.39, 0.29) is 23.8 Å². The average molecular weight is 354 g/mol.